The maximum absolute atomic E-state index is 14.1. The van der Waals surface area contributed by atoms with E-state index in [9.17, 15) is 19.6 Å². The molecule has 37 heavy (non-hydrogen) atoms. The van der Waals surface area contributed by atoms with Crippen LogP contribution < -0.4 is 5.73 Å². The molecular formula is C30H23N3O3S. The van der Waals surface area contributed by atoms with E-state index >= 15 is 0 Å². The molecule has 0 spiro atoms. The van der Waals surface area contributed by atoms with Gasteiger partial charge in [-0.1, -0.05) is 66.7 Å². The lowest BCUT2D eigenvalue weighted by Gasteiger charge is -2.31. The summed E-state index contributed by atoms with van der Waals surface area (Å²) in [5, 5.41) is 11.1. The van der Waals surface area contributed by atoms with Crippen LogP contribution in [0.25, 0.3) is 0 Å². The second-order valence-corrected chi connectivity index (χ2v) is 9.86. The Balaban J connectivity index is 1.76. The molecule has 1 fully saturated rings. The molecule has 2 heterocycles. The van der Waals surface area contributed by atoms with Gasteiger partial charge in [-0.25, -0.2) is 0 Å². The van der Waals surface area contributed by atoms with Crippen molar-refractivity contribution in [3.05, 3.63) is 130 Å². The number of nitrogens with zero attached hydrogens (tertiary/aromatic N) is 2. The van der Waals surface area contributed by atoms with Crippen LogP contribution >= 0.6 is 11.3 Å². The molecular weight excluding hydrogens is 482 g/mol. The molecule has 0 saturated carbocycles. The second kappa shape index (κ2) is 10.2. The van der Waals surface area contributed by atoms with Crippen molar-refractivity contribution in [2.45, 2.75) is 18.0 Å². The van der Waals surface area contributed by atoms with Gasteiger partial charge in [0.15, 0.2) is 5.78 Å². The third-order valence-corrected chi connectivity index (χ3v) is 7.73. The lowest BCUT2D eigenvalue weighted by molar-refractivity contribution is -0.122. The van der Waals surface area contributed by atoms with Crippen molar-refractivity contribution in [3.63, 3.8) is 0 Å². The molecule has 0 radical (unpaired) electrons. The number of carbonyl (C=O) groups excluding carboxylic acids is 3. The van der Waals surface area contributed by atoms with Crippen molar-refractivity contribution in [2.24, 2.45) is 11.7 Å². The third-order valence-electron chi connectivity index (χ3n) is 6.85. The summed E-state index contributed by atoms with van der Waals surface area (Å²) in [5.41, 5.74) is 8.28. The minimum absolute atomic E-state index is 0.159. The molecule has 1 aromatic heterocycles. The summed E-state index contributed by atoms with van der Waals surface area (Å²) in [6, 6.07) is 28.6. The highest BCUT2D eigenvalue weighted by Crippen LogP contribution is 2.51. The van der Waals surface area contributed by atoms with Gasteiger partial charge in [0.2, 0.25) is 5.91 Å². The lowest BCUT2D eigenvalue weighted by atomic mass is 9.77. The van der Waals surface area contributed by atoms with Crippen LogP contribution in [0.4, 0.5) is 0 Å². The predicted molar refractivity (Wildman–Crippen MR) is 141 cm³/mol. The first kappa shape index (κ1) is 24.2. The molecule has 4 atom stereocenters. The van der Waals surface area contributed by atoms with Gasteiger partial charge in [0, 0.05) is 11.5 Å². The monoisotopic (exact) mass is 505 g/mol. The van der Waals surface area contributed by atoms with E-state index in [0.29, 0.717) is 21.6 Å². The number of nitrogens with two attached hydrogens (primary N) is 1. The Kier molecular flexibility index (Phi) is 6.67. The number of Topliss-reactive ketones (excluding diaryl/α,β-unsaturated/α-hetero) is 1. The molecule has 0 aliphatic carbocycles. The summed E-state index contributed by atoms with van der Waals surface area (Å²) >= 11 is 1.32. The molecule has 1 aliphatic rings. The molecule has 2 amide bonds. The highest BCUT2D eigenvalue weighted by Gasteiger charge is 2.57. The number of benzene rings is 3. The van der Waals surface area contributed by atoms with E-state index in [1.165, 1.54) is 16.2 Å². The van der Waals surface area contributed by atoms with Crippen molar-refractivity contribution in [1.82, 2.24) is 4.90 Å². The van der Waals surface area contributed by atoms with Gasteiger partial charge in [0.25, 0.3) is 5.91 Å². The zero-order chi connectivity index (χ0) is 25.9. The molecule has 0 bridgehead atoms. The van der Waals surface area contributed by atoms with E-state index in [1.807, 2.05) is 41.8 Å². The zero-order valence-electron chi connectivity index (χ0n) is 19.7. The summed E-state index contributed by atoms with van der Waals surface area (Å²) < 4.78 is 0. The number of hydrogen-bond acceptors (Lipinski definition) is 5. The van der Waals surface area contributed by atoms with Gasteiger partial charge >= 0.3 is 0 Å². The Morgan fingerprint density at radius 1 is 0.811 bits per heavy atom. The number of rotatable bonds is 6. The molecule has 4 unspecified atom stereocenters. The van der Waals surface area contributed by atoms with E-state index in [0.717, 1.165) is 5.56 Å². The van der Waals surface area contributed by atoms with Gasteiger partial charge in [-0.3, -0.25) is 14.4 Å². The van der Waals surface area contributed by atoms with Crippen LogP contribution in [0, 0.1) is 17.2 Å². The third kappa shape index (κ3) is 4.44. The Hall–Kier alpha value is -4.54. The Morgan fingerprint density at radius 2 is 1.46 bits per heavy atom. The predicted octanol–water partition coefficient (Wildman–Crippen LogP) is 4.95. The average molecular weight is 506 g/mol. The van der Waals surface area contributed by atoms with E-state index < -0.39 is 29.8 Å². The smallest absolute Gasteiger partial charge is 0.255 e. The highest BCUT2D eigenvalue weighted by molar-refractivity contribution is 7.12. The number of carbonyl (C=O) groups is 3. The molecule has 5 rings (SSSR count). The van der Waals surface area contributed by atoms with Crippen LogP contribution in [0.1, 0.15) is 48.7 Å². The maximum atomic E-state index is 14.1. The van der Waals surface area contributed by atoms with Crippen molar-refractivity contribution in [2.75, 3.05) is 0 Å². The quantitative estimate of drug-likeness (QED) is 0.374. The lowest BCUT2D eigenvalue weighted by Crippen LogP contribution is -2.46. The fourth-order valence-electron chi connectivity index (χ4n) is 5.29. The van der Waals surface area contributed by atoms with E-state index in [4.69, 9.17) is 5.73 Å². The molecule has 182 valence electrons. The van der Waals surface area contributed by atoms with Gasteiger partial charge in [0.05, 0.1) is 28.5 Å². The van der Waals surface area contributed by atoms with Gasteiger partial charge in [0.1, 0.15) is 6.04 Å². The highest BCUT2D eigenvalue weighted by atomic mass is 32.1. The van der Waals surface area contributed by atoms with Crippen LogP contribution in [0.15, 0.2) is 102 Å². The fraction of sp³-hybridized carbons (Fsp3) is 0.133. The van der Waals surface area contributed by atoms with Crippen LogP contribution in [-0.2, 0) is 4.79 Å². The molecule has 1 aliphatic heterocycles. The normalized spacial score (nSPS) is 20.8. The number of amides is 2. The van der Waals surface area contributed by atoms with Gasteiger partial charge in [-0.2, -0.15) is 5.26 Å². The van der Waals surface area contributed by atoms with Crippen LogP contribution in [0.5, 0.6) is 0 Å². The summed E-state index contributed by atoms with van der Waals surface area (Å²) in [6.07, 6.45) is 0. The standard InChI is InChI=1S/C30H23N3O3S/c31-18-19-13-15-20(16-14-19)24-25(28(34)23-12-7-17-37-23)26(21-8-3-1-4-9-21)33(27(24)29(32)35)30(36)22-10-5-2-6-11-22/h1-17,24-27H,(H2,32,35). The van der Waals surface area contributed by atoms with Crippen molar-refractivity contribution in [1.29, 1.82) is 5.26 Å². The number of likely N-dealkylation sites (tertiary alicyclic amines) is 1. The SMILES string of the molecule is N#Cc1ccc(C2C(C(=O)c3cccs3)C(c3ccccc3)N(C(=O)c3ccccc3)C2C(N)=O)cc1. The average Bonchev–Trinajstić information content (AvgIpc) is 3.60. The first-order chi connectivity index (χ1) is 18.0. The minimum atomic E-state index is -1.08. The maximum Gasteiger partial charge on any atom is 0.255 e. The van der Waals surface area contributed by atoms with E-state index in [2.05, 4.69) is 6.07 Å². The Morgan fingerprint density at radius 3 is 2.03 bits per heavy atom. The van der Waals surface area contributed by atoms with Crippen molar-refractivity contribution >= 4 is 28.9 Å². The minimum Gasteiger partial charge on any atom is -0.368 e. The van der Waals surface area contributed by atoms with Crippen molar-refractivity contribution < 1.29 is 14.4 Å². The molecule has 1 saturated heterocycles. The zero-order valence-corrected chi connectivity index (χ0v) is 20.5. The van der Waals surface area contributed by atoms with Crippen LogP contribution in [0.2, 0.25) is 0 Å². The molecule has 3 aromatic carbocycles. The van der Waals surface area contributed by atoms with Gasteiger partial charge < -0.3 is 10.6 Å². The Labute approximate surface area is 218 Å². The fourth-order valence-corrected chi connectivity index (χ4v) is 6.00. The van der Waals surface area contributed by atoms with E-state index in [-0.39, 0.29) is 11.7 Å². The first-order valence-electron chi connectivity index (χ1n) is 11.8. The number of ketones is 1. The van der Waals surface area contributed by atoms with Gasteiger partial charge in [-0.05, 0) is 46.8 Å². The van der Waals surface area contributed by atoms with E-state index in [1.54, 1.807) is 60.7 Å². The van der Waals surface area contributed by atoms with Crippen LogP contribution in [-0.4, -0.2) is 28.5 Å². The summed E-state index contributed by atoms with van der Waals surface area (Å²) in [7, 11) is 0. The van der Waals surface area contributed by atoms with Crippen LogP contribution in [0.3, 0.4) is 0 Å². The summed E-state index contributed by atoms with van der Waals surface area (Å²) in [5.74, 6) is -2.72. The topological polar surface area (TPSA) is 104 Å². The first-order valence-corrected chi connectivity index (χ1v) is 12.7. The molecule has 6 nitrogen and oxygen atoms in total. The summed E-state index contributed by atoms with van der Waals surface area (Å²) in [6.45, 7) is 0. The van der Waals surface area contributed by atoms with Gasteiger partial charge in [-0.15, -0.1) is 11.3 Å². The molecule has 2 N–H and O–H groups in total. The number of thiophene rings is 1. The Bertz CT molecular complexity index is 1460. The van der Waals surface area contributed by atoms with Crippen molar-refractivity contribution in [3.8, 4) is 6.07 Å². The number of hydrogen-bond donors (Lipinski definition) is 1. The summed E-state index contributed by atoms with van der Waals surface area (Å²) in [4.78, 5) is 43.4. The molecule has 7 heteroatoms. The number of nitriles is 1. The molecule has 4 aromatic rings. The largest absolute Gasteiger partial charge is 0.368 e. The second-order valence-electron chi connectivity index (χ2n) is 8.91. The number of primary amides is 1.